The highest BCUT2D eigenvalue weighted by Crippen LogP contribution is 2.50. The Hall–Kier alpha value is -0.110. The van der Waals surface area contributed by atoms with E-state index in [-0.39, 0.29) is 6.10 Å². The van der Waals surface area contributed by atoms with Crippen LogP contribution in [-0.2, 0) is 0 Å². The average molecular weight is 242 g/mol. The van der Waals surface area contributed by atoms with Gasteiger partial charge >= 0.3 is 0 Å². The smallest absolute Gasteiger partial charge is 0.101 e. The quantitative estimate of drug-likeness (QED) is 0.798. The second-order valence-corrected chi connectivity index (χ2v) is 6.60. The molecule has 2 saturated carbocycles. The van der Waals surface area contributed by atoms with Crippen LogP contribution in [0.3, 0.4) is 0 Å². The summed E-state index contributed by atoms with van der Waals surface area (Å²) in [6.45, 7) is 6.68. The lowest BCUT2D eigenvalue weighted by Crippen LogP contribution is -2.25. The first-order chi connectivity index (χ1) is 8.02. The monoisotopic (exact) mass is 242 g/mol. The van der Waals surface area contributed by atoms with Gasteiger partial charge < -0.3 is 5.11 Å². The molecule has 0 aliphatic heterocycles. The van der Waals surface area contributed by atoms with Gasteiger partial charge in [-0.1, -0.05) is 27.2 Å². The molecule has 100 valence electrons. The molecule has 0 radical (unpaired) electrons. The molecule has 0 spiro atoms. The fraction of sp³-hybridized carbons (Fsp3) is 1.00. The first-order valence-electron chi connectivity index (χ1n) is 7.35. The van der Waals surface area contributed by atoms with Crippen molar-refractivity contribution in [2.24, 2.45) is 29.6 Å². The summed E-state index contributed by atoms with van der Waals surface area (Å²) >= 11 is 0. The van der Waals surface area contributed by atoms with E-state index in [1.807, 2.05) is 0 Å². The van der Waals surface area contributed by atoms with Gasteiger partial charge in [0.2, 0.25) is 0 Å². The Labute approximate surface area is 105 Å². The summed E-state index contributed by atoms with van der Waals surface area (Å²) in [4.78, 5) is 0. The third-order valence-electron chi connectivity index (χ3n) is 5.26. The van der Waals surface area contributed by atoms with Gasteiger partial charge in [0.05, 0.1) is 6.10 Å². The van der Waals surface area contributed by atoms with Crippen molar-refractivity contribution in [3.05, 3.63) is 0 Å². The summed E-state index contributed by atoms with van der Waals surface area (Å²) in [6, 6.07) is 0. The highest BCUT2D eigenvalue weighted by Gasteiger charge is 2.45. The van der Waals surface area contributed by atoms with Gasteiger partial charge in [0.25, 0.3) is 0 Å². The van der Waals surface area contributed by atoms with E-state index in [2.05, 4.69) is 20.8 Å². The van der Waals surface area contributed by atoms with Crippen LogP contribution in [0.15, 0.2) is 0 Å². The van der Waals surface area contributed by atoms with E-state index in [1.165, 1.54) is 0 Å². The molecule has 6 unspecified atom stereocenters. The number of hydrogen-bond acceptors (Lipinski definition) is 1. The third kappa shape index (κ3) is 2.67. The molecule has 1 N–H and O–H groups in total. The Morgan fingerprint density at radius 3 is 2.41 bits per heavy atom. The lowest BCUT2D eigenvalue weighted by molar-refractivity contribution is 0.158. The predicted molar refractivity (Wildman–Crippen MR) is 68.5 cm³/mol. The zero-order valence-electron chi connectivity index (χ0n) is 11.4. The van der Waals surface area contributed by atoms with Crippen molar-refractivity contribution < 1.29 is 9.50 Å². The zero-order chi connectivity index (χ0) is 12.6. The van der Waals surface area contributed by atoms with Crippen molar-refractivity contribution in [3.8, 4) is 0 Å². The van der Waals surface area contributed by atoms with E-state index in [1.54, 1.807) is 0 Å². The van der Waals surface area contributed by atoms with Crippen LogP contribution in [0.25, 0.3) is 0 Å². The number of hydrogen-bond donors (Lipinski definition) is 1. The molecule has 6 atom stereocenters. The third-order valence-corrected chi connectivity index (χ3v) is 5.26. The largest absolute Gasteiger partial charge is 0.393 e. The second kappa shape index (κ2) is 5.26. The summed E-state index contributed by atoms with van der Waals surface area (Å²) in [5.74, 6) is 2.87. The lowest BCUT2D eigenvalue weighted by Gasteiger charge is -2.31. The second-order valence-electron chi connectivity index (χ2n) is 6.60. The molecule has 2 aliphatic rings. The minimum absolute atomic E-state index is 0.136. The standard InChI is InChI=1S/C15H27FO/c1-4-10-5-11(16)6-14(10)15-8-12(17)7-13(15)9(2)3/h9-15,17H,4-8H2,1-3H3. The Bertz CT molecular complexity index is 253. The van der Waals surface area contributed by atoms with E-state index < -0.39 is 6.17 Å². The van der Waals surface area contributed by atoms with E-state index in [4.69, 9.17) is 0 Å². The maximum atomic E-state index is 13.6. The molecule has 0 saturated heterocycles. The number of halogens is 1. The molecule has 0 amide bonds. The molecule has 2 fully saturated rings. The minimum atomic E-state index is -0.587. The first-order valence-corrected chi connectivity index (χ1v) is 7.35. The van der Waals surface area contributed by atoms with Gasteiger partial charge in [0.1, 0.15) is 6.17 Å². The van der Waals surface area contributed by atoms with Crippen LogP contribution >= 0.6 is 0 Å². The fourth-order valence-electron chi connectivity index (χ4n) is 4.41. The Morgan fingerprint density at radius 2 is 1.82 bits per heavy atom. The minimum Gasteiger partial charge on any atom is -0.393 e. The van der Waals surface area contributed by atoms with Crippen LogP contribution in [-0.4, -0.2) is 17.4 Å². The zero-order valence-corrected chi connectivity index (χ0v) is 11.4. The summed E-state index contributed by atoms with van der Waals surface area (Å²) in [6.07, 6.45) is 3.74. The fourth-order valence-corrected chi connectivity index (χ4v) is 4.41. The molecule has 0 aromatic carbocycles. The lowest BCUT2D eigenvalue weighted by atomic mass is 9.73. The van der Waals surface area contributed by atoms with Crippen molar-refractivity contribution in [2.45, 2.75) is 65.2 Å². The van der Waals surface area contributed by atoms with Gasteiger partial charge in [0, 0.05) is 0 Å². The number of aliphatic hydroxyl groups excluding tert-OH is 1. The maximum absolute atomic E-state index is 13.6. The molecule has 0 bridgehead atoms. The summed E-state index contributed by atoms with van der Waals surface area (Å²) in [5, 5.41) is 9.91. The predicted octanol–water partition coefficient (Wildman–Crippen LogP) is 3.80. The van der Waals surface area contributed by atoms with Crippen molar-refractivity contribution in [2.75, 3.05) is 0 Å². The molecule has 2 rings (SSSR count). The molecular formula is C15H27FO. The summed E-state index contributed by atoms with van der Waals surface area (Å²) < 4.78 is 13.6. The van der Waals surface area contributed by atoms with Crippen LogP contribution in [0, 0.1) is 29.6 Å². The van der Waals surface area contributed by atoms with Crippen LogP contribution in [0.2, 0.25) is 0 Å². The molecule has 0 heterocycles. The van der Waals surface area contributed by atoms with Gasteiger partial charge in [-0.25, -0.2) is 4.39 Å². The van der Waals surface area contributed by atoms with E-state index in [0.29, 0.717) is 29.6 Å². The van der Waals surface area contributed by atoms with Crippen molar-refractivity contribution in [1.29, 1.82) is 0 Å². The molecular weight excluding hydrogens is 215 g/mol. The normalized spacial score (nSPS) is 46.9. The number of aliphatic hydroxyl groups is 1. The molecule has 1 nitrogen and oxygen atoms in total. The van der Waals surface area contributed by atoms with Crippen LogP contribution < -0.4 is 0 Å². The van der Waals surface area contributed by atoms with Gasteiger partial charge in [-0.15, -0.1) is 0 Å². The molecule has 0 aromatic heterocycles. The van der Waals surface area contributed by atoms with Crippen LogP contribution in [0.1, 0.15) is 52.9 Å². The van der Waals surface area contributed by atoms with Crippen LogP contribution in [0.5, 0.6) is 0 Å². The van der Waals surface area contributed by atoms with Gasteiger partial charge in [-0.2, -0.15) is 0 Å². The van der Waals surface area contributed by atoms with Crippen molar-refractivity contribution >= 4 is 0 Å². The van der Waals surface area contributed by atoms with E-state index >= 15 is 0 Å². The molecule has 2 heteroatoms. The molecule has 0 aromatic rings. The van der Waals surface area contributed by atoms with Gasteiger partial charge in [0.15, 0.2) is 0 Å². The average Bonchev–Trinajstić information content (AvgIpc) is 2.81. The Balaban J connectivity index is 2.09. The highest BCUT2D eigenvalue weighted by molar-refractivity contribution is 4.95. The van der Waals surface area contributed by atoms with Gasteiger partial charge in [-0.3, -0.25) is 0 Å². The number of alkyl halides is 1. The first kappa shape index (κ1) is 13.3. The van der Waals surface area contributed by atoms with Crippen molar-refractivity contribution in [1.82, 2.24) is 0 Å². The van der Waals surface area contributed by atoms with E-state index in [0.717, 1.165) is 32.1 Å². The Kier molecular flexibility index (Phi) is 4.12. The topological polar surface area (TPSA) is 20.2 Å². The highest BCUT2D eigenvalue weighted by atomic mass is 19.1. The SMILES string of the molecule is CCC1CC(F)CC1C1CC(O)CC1C(C)C. The Morgan fingerprint density at radius 1 is 1.12 bits per heavy atom. The van der Waals surface area contributed by atoms with Gasteiger partial charge in [-0.05, 0) is 55.3 Å². The van der Waals surface area contributed by atoms with E-state index in [9.17, 15) is 9.50 Å². The molecule has 17 heavy (non-hydrogen) atoms. The van der Waals surface area contributed by atoms with Crippen molar-refractivity contribution in [3.63, 3.8) is 0 Å². The molecule has 2 aliphatic carbocycles. The summed E-state index contributed by atoms with van der Waals surface area (Å²) in [5.41, 5.74) is 0. The van der Waals surface area contributed by atoms with Crippen LogP contribution in [0.4, 0.5) is 4.39 Å². The summed E-state index contributed by atoms with van der Waals surface area (Å²) in [7, 11) is 0. The number of rotatable bonds is 3. The maximum Gasteiger partial charge on any atom is 0.101 e.